The Morgan fingerprint density at radius 1 is 0.828 bits per heavy atom. The second-order valence-electron chi connectivity index (χ2n) is 6.98. The van der Waals surface area contributed by atoms with E-state index in [1.54, 1.807) is 31.3 Å². The molecule has 0 saturated heterocycles. The van der Waals surface area contributed by atoms with Gasteiger partial charge in [0.25, 0.3) is 11.8 Å². The van der Waals surface area contributed by atoms with Crippen LogP contribution in [0.5, 0.6) is 0 Å². The van der Waals surface area contributed by atoms with Crippen molar-refractivity contribution >= 4 is 17.5 Å². The molecule has 3 aromatic rings. The Bertz CT molecular complexity index is 901. The third-order valence-corrected chi connectivity index (χ3v) is 4.86. The van der Waals surface area contributed by atoms with Gasteiger partial charge in [-0.2, -0.15) is 0 Å². The van der Waals surface area contributed by atoms with Crippen LogP contribution < -0.4 is 15.5 Å². The average molecular weight is 388 g/mol. The van der Waals surface area contributed by atoms with Crippen LogP contribution in [0, 0.1) is 0 Å². The van der Waals surface area contributed by atoms with Crippen LogP contribution in [-0.4, -0.2) is 32.5 Å². The largest absolute Gasteiger partial charge is 0.355 e. The van der Waals surface area contributed by atoms with Gasteiger partial charge in [0.05, 0.1) is 7.05 Å². The summed E-state index contributed by atoms with van der Waals surface area (Å²) < 4.78 is 0. The lowest BCUT2D eigenvalue weighted by atomic mass is 9.97. The SMILES string of the molecule is CNC(=O)c1ccc(NC(=O)C[NH+](C)C(c2ccccc2)c2ccccc2)cc1. The summed E-state index contributed by atoms with van der Waals surface area (Å²) >= 11 is 0. The van der Waals surface area contributed by atoms with Crippen LogP contribution in [0.1, 0.15) is 27.5 Å². The lowest BCUT2D eigenvalue weighted by Crippen LogP contribution is -3.10. The number of benzene rings is 3. The zero-order valence-corrected chi connectivity index (χ0v) is 16.7. The van der Waals surface area contributed by atoms with Gasteiger partial charge in [0, 0.05) is 29.4 Å². The molecule has 0 aliphatic carbocycles. The Balaban J connectivity index is 1.71. The molecular weight excluding hydrogens is 362 g/mol. The van der Waals surface area contributed by atoms with E-state index in [9.17, 15) is 9.59 Å². The fraction of sp³-hybridized carbons (Fsp3) is 0.167. The first-order valence-corrected chi connectivity index (χ1v) is 9.62. The minimum atomic E-state index is -0.152. The Kier molecular flexibility index (Phi) is 6.76. The Morgan fingerprint density at radius 3 is 1.83 bits per heavy atom. The number of anilines is 1. The van der Waals surface area contributed by atoms with Crippen LogP contribution >= 0.6 is 0 Å². The summed E-state index contributed by atoms with van der Waals surface area (Å²) in [6.07, 6.45) is 0. The molecule has 0 aliphatic heterocycles. The first-order valence-electron chi connectivity index (χ1n) is 9.62. The molecule has 2 amide bonds. The first-order chi connectivity index (χ1) is 14.1. The molecule has 0 aromatic heterocycles. The van der Waals surface area contributed by atoms with E-state index in [-0.39, 0.29) is 17.9 Å². The van der Waals surface area contributed by atoms with E-state index in [1.807, 2.05) is 43.4 Å². The second-order valence-corrected chi connectivity index (χ2v) is 6.98. The quantitative estimate of drug-likeness (QED) is 0.582. The highest BCUT2D eigenvalue weighted by Crippen LogP contribution is 2.18. The van der Waals surface area contributed by atoms with Gasteiger partial charge in [-0.15, -0.1) is 0 Å². The Hall–Kier alpha value is -3.44. The van der Waals surface area contributed by atoms with Gasteiger partial charge in [0.2, 0.25) is 0 Å². The van der Waals surface area contributed by atoms with E-state index in [0.717, 1.165) is 4.90 Å². The summed E-state index contributed by atoms with van der Waals surface area (Å²) in [6, 6.07) is 27.4. The van der Waals surface area contributed by atoms with Crippen molar-refractivity contribution in [3.63, 3.8) is 0 Å². The summed E-state index contributed by atoms with van der Waals surface area (Å²) in [5, 5.41) is 5.50. The van der Waals surface area contributed by atoms with Crippen molar-refractivity contribution in [2.75, 3.05) is 26.0 Å². The van der Waals surface area contributed by atoms with Gasteiger partial charge in [-0.05, 0) is 24.3 Å². The van der Waals surface area contributed by atoms with Crippen molar-refractivity contribution in [1.29, 1.82) is 0 Å². The standard InChI is InChI=1S/C24H25N3O2/c1-25-24(29)20-13-15-21(16-14-20)26-22(28)17-27(2)23(18-9-5-3-6-10-18)19-11-7-4-8-12-19/h3-16,23H,17H2,1-2H3,(H,25,29)(H,26,28)/p+1. The lowest BCUT2D eigenvalue weighted by molar-refractivity contribution is -0.897. The molecule has 0 heterocycles. The molecule has 0 aliphatic rings. The lowest BCUT2D eigenvalue weighted by Gasteiger charge is -2.25. The molecule has 3 N–H and O–H groups in total. The van der Waals surface area contributed by atoms with E-state index in [1.165, 1.54) is 11.1 Å². The van der Waals surface area contributed by atoms with E-state index in [4.69, 9.17) is 0 Å². The van der Waals surface area contributed by atoms with E-state index >= 15 is 0 Å². The van der Waals surface area contributed by atoms with Crippen molar-refractivity contribution < 1.29 is 14.5 Å². The molecule has 1 atom stereocenters. The van der Waals surface area contributed by atoms with Gasteiger partial charge in [0.1, 0.15) is 6.04 Å². The van der Waals surface area contributed by atoms with Crippen LogP contribution in [-0.2, 0) is 4.79 Å². The Labute approximate surface area is 171 Å². The van der Waals surface area contributed by atoms with Gasteiger partial charge in [-0.3, -0.25) is 9.59 Å². The number of carbonyl (C=O) groups is 2. The van der Waals surface area contributed by atoms with Crippen LogP contribution in [0.25, 0.3) is 0 Å². The summed E-state index contributed by atoms with van der Waals surface area (Å²) in [7, 11) is 3.62. The van der Waals surface area contributed by atoms with E-state index < -0.39 is 0 Å². The predicted molar refractivity (Wildman–Crippen MR) is 115 cm³/mol. The van der Waals surface area contributed by atoms with Crippen LogP contribution in [0.2, 0.25) is 0 Å². The van der Waals surface area contributed by atoms with E-state index in [0.29, 0.717) is 17.8 Å². The summed E-state index contributed by atoms with van der Waals surface area (Å²) in [6.45, 7) is 0.311. The van der Waals surface area contributed by atoms with Gasteiger partial charge >= 0.3 is 0 Å². The monoisotopic (exact) mass is 388 g/mol. The number of likely N-dealkylation sites (N-methyl/N-ethyl adjacent to an activating group) is 1. The number of hydrogen-bond donors (Lipinski definition) is 3. The minimum absolute atomic E-state index is 0.0544. The number of nitrogens with one attached hydrogen (secondary N) is 3. The van der Waals surface area contributed by atoms with Crippen molar-refractivity contribution in [1.82, 2.24) is 5.32 Å². The molecular formula is C24H26N3O2+. The number of rotatable bonds is 7. The maximum absolute atomic E-state index is 12.7. The van der Waals surface area contributed by atoms with Gasteiger partial charge < -0.3 is 15.5 Å². The normalized spacial score (nSPS) is 11.7. The van der Waals surface area contributed by atoms with Crippen molar-refractivity contribution in [2.45, 2.75) is 6.04 Å². The molecule has 3 rings (SSSR count). The van der Waals surface area contributed by atoms with Crippen LogP contribution in [0.3, 0.4) is 0 Å². The molecule has 5 nitrogen and oxygen atoms in total. The summed E-state index contributed by atoms with van der Waals surface area (Å²) in [5.41, 5.74) is 3.56. The number of carbonyl (C=O) groups excluding carboxylic acids is 2. The Morgan fingerprint density at radius 2 is 1.34 bits per heavy atom. The average Bonchev–Trinajstić information content (AvgIpc) is 2.75. The number of quaternary nitrogens is 1. The molecule has 29 heavy (non-hydrogen) atoms. The first kappa shape index (κ1) is 20.3. The molecule has 5 heteroatoms. The maximum atomic E-state index is 12.7. The van der Waals surface area contributed by atoms with E-state index in [2.05, 4.69) is 34.9 Å². The van der Waals surface area contributed by atoms with Gasteiger partial charge in [-0.1, -0.05) is 60.7 Å². The summed E-state index contributed by atoms with van der Waals surface area (Å²) in [5.74, 6) is -0.229. The topological polar surface area (TPSA) is 62.6 Å². The van der Waals surface area contributed by atoms with Gasteiger partial charge in [0.15, 0.2) is 6.54 Å². The molecule has 0 fully saturated rings. The van der Waals surface area contributed by atoms with Gasteiger partial charge in [-0.25, -0.2) is 0 Å². The smallest absolute Gasteiger partial charge is 0.279 e. The third-order valence-electron chi connectivity index (χ3n) is 4.86. The molecule has 0 saturated carbocycles. The molecule has 0 bridgehead atoms. The molecule has 0 radical (unpaired) electrons. The zero-order valence-electron chi connectivity index (χ0n) is 16.7. The summed E-state index contributed by atoms with van der Waals surface area (Å²) in [4.78, 5) is 25.4. The number of amides is 2. The van der Waals surface area contributed by atoms with Crippen molar-refractivity contribution in [3.05, 3.63) is 102 Å². The highest BCUT2D eigenvalue weighted by atomic mass is 16.2. The minimum Gasteiger partial charge on any atom is -0.355 e. The van der Waals surface area contributed by atoms with Crippen LogP contribution in [0.15, 0.2) is 84.9 Å². The molecule has 0 spiro atoms. The fourth-order valence-corrected chi connectivity index (χ4v) is 3.46. The van der Waals surface area contributed by atoms with Crippen LogP contribution in [0.4, 0.5) is 5.69 Å². The maximum Gasteiger partial charge on any atom is 0.279 e. The molecule has 1 unspecified atom stereocenters. The number of hydrogen-bond acceptors (Lipinski definition) is 2. The molecule has 3 aromatic carbocycles. The fourth-order valence-electron chi connectivity index (χ4n) is 3.46. The van der Waals surface area contributed by atoms with Crippen molar-refractivity contribution in [3.8, 4) is 0 Å². The third kappa shape index (κ3) is 5.30. The highest BCUT2D eigenvalue weighted by Gasteiger charge is 2.24. The second kappa shape index (κ2) is 9.66. The molecule has 148 valence electrons. The zero-order chi connectivity index (χ0) is 20.6. The van der Waals surface area contributed by atoms with Crippen molar-refractivity contribution in [2.24, 2.45) is 0 Å². The highest BCUT2D eigenvalue weighted by molar-refractivity contribution is 5.95. The predicted octanol–water partition coefficient (Wildman–Crippen LogP) is 2.29.